The van der Waals surface area contributed by atoms with Gasteiger partial charge in [-0.3, -0.25) is 4.99 Å². The number of thioether (sulfide) groups is 1. The largest absolute Gasteiger partial charge is 0.335 e. The highest BCUT2D eigenvalue weighted by Crippen LogP contribution is 2.32. The smallest absolute Gasteiger partial charge is 0.161 e. The third-order valence-corrected chi connectivity index (χ3v) is 5.29. The monoisotopic (exact) mass is 340 g/mol. The zero-order chi connectivity index (χ0) is 13.8. The number of nitrogens with zero attached hydrogens (tertiary/aromatic N) is 1. The van der Waals surface area contributed by atoms with E-state index in [1.807, 2.05) is 11.8 Å². The number of hydrogen-bond donors (Lipinski definition) is 1. The molecule has 1 aliphatic rings. The molecule has 0 aromatic heterocycles. The van der Waals surface area contributed by atoms with Crippen LogP contribution in [0.15, 0.2) is 27.7 Å². The van der Waals surface area contributed by atoms with E-state index >= 15 is 0 Å². The standard InChI is InChI=1S/C15H21BrN2S/c1-4-11(5-2)14-9-17-15(19-14)18-13-7-10(3)6-12(16)8-13/h6-8,11,14H,4-5,9H2,1-3H3,(H,17,18). The van der Waals surface area contributed by atoms with Crippen LogP contribution in [0.1, 0.15) is 32.3 Å². The second kappa shape index (κ2) is 6.80. The predicted molar refractivity (Wildman–Crippen MR) is 90.3 cm³/mol. The fraction of sp³-hybridized carbons (Fsp3) is 0.533. The average molecular weight is 341 g/mol. The minimum absolute atomic E-state index is 0.644. The van der Waals surface area contributed by atoms with E-state index < -0.39 is 0 Å². The molecule has 1 heterocycles. The highest BCUT2D eigenvalue weighted by Gasteiger charge is 2.25. The van der Waals surface area contributed by atoms with Gasteiger partial charge in [0.05, 0.1) is 6.54 Å². The molecule has 104 valence electrons. The lowest BCUT2D eigenvalue weighted by Gasteiger charge is -2.18. The normalized spacial score (nSPS) is 18.8. The molecule has 0 bridgehead atoms. The van der Waals surface area contributed by atoms with E-state index in [0.29, 0.717) is 5.25 Å². The Morgan fingerprint density at radius 3 is 2.74 bits per heavy atom. The van der Waals surface area contributed by atoms with E-state index in [4.69, 9.17) is 0 Å². The summed E-state index contributed by atoms with van der Waals surface area (Å²) in [6.07, 6.45) is 2.49. The van der Waals surface area contributed by atoms with Crippen LogP contribution in [-0.4, -0.2) is 17.0 Å². The van der Waals surface area contributed by atoms with E-state index in [1.54, 1.807) is 0 Å². The summed E-state index contributed by atoms with van der Waals surface area (Å²) in [5.74, 6) is 0.775. The summed E-state index contributed by atoms with van der Waals surface area (Å²) in [5.41, 5.74) is 2.36. The van der Waals surface area contributed by atoms with Crippen molar-refractivity contribution in [3.05, 3.63) is 28.2 Å². The molecule has 1 aromatic carbocycles. The molecular formula is C15H21BrN2S. The number of aryl methyl sites for hydroxylation is 1. The van der Waals surface area contributed by atoms with Gasteiger partial charge in [-0.25, -0.2) is 0 Å². The van der Waals surface area contributed by atoms with E-state index in [-0.39, 0.29) is 0 Å². The number of nitrogens with one attached hydrogen (secondary N) is 1. The molecule has 0 aliphatic carbocycles. The van der Waals surface area contributed by atoms with Crippen LogP contribution in [0.2, 0.25) is 0 Å². The fourth-order valence-corrected chi connectivity index (χ4v) is 4.40. The zero-order valence-electron chi connectivity index (χ0n) is 11.7. The molecule has 0 amide bonds. The maximum atomic E-state index is 4.64. The van der Waals surface area contributed by atoms with Crippen molar-refractivity contribution in [3.8, 4) is 0 Å². The number of rotatable bonds is 4. The van der Waals surface area contributed by atoms with Crippen LogP contribution in [0, 0.1) is 12.8 Å². The third-order valence-electron chi connectivity index (χ3n) is 3.55. The van der Waals surface area contributed by atoms with E-state index in [2.05, 4.69) is 65.2 Å². The molecule has 19 heavy (non-hydrogen) atoms. The first kappa shape index (κ1) is 14.9. The van der Waals surface area contributed by atoms with E-state index in [0.717, 1.165) is 27.8 Å². The number of halogens is 1. The number of aliphatic imine (C=N–C) groups is 1. The minimum Gasteiger partial charge on any atom is -0.335 e. The molecule has 0 saturated heterocycles. The Morgan fingerprint density at radius 1 is 1.37 bits per heavy atom. The van der Waals surface area contributed by atoms with Gasteiger partial charge in [-0.2, -0.15) is 0 Å². The average Bonchev–Trinajstić information content (AvgIpc) is 2.78. The summed E-state index contributed by atoms with van der Waals surface area (Å²) in [6, 6.07) is 6.36. The molecule has 1 aromatic rings. The van der Waals surface area contributed by atoms with Crippen molar-refractivity contribution >= 4 is 38.5 Å². The van der Waals surface area contributed by atoms with Crippen molar-refractivity contribution in [3.63, 3.8) is 0 Å². The first-order valence-electron chi connectivity index (χ1n) is 6.87. The Kier molecular flexibility index (Phi) is 5.34. The Bertz CT molecular complexity index is 449. The first-order chi connectivity index (χ1) is 9.12. The van der Waals surface area contributed by atoms with Gasteiger partial charge in [-0.15, -0.1) is 0 Å². The second-order valence-electron chi connectivity index (χ2n) is 5.02. The number of amidine groups is 1. The van der Waals surface area contributed by atoms with Gasteiger partial charge in [0, 0.05) is 15.4 Å². The summed E-state index contributed by atoms with van der Waals surface area (Å²) in [6.45, 7) is 7.61. The Labute approximate surface area is 128 Å². The van der Waals surface area contributed by atoms with Crippen LogP contribution in [0.25, 0.3) is 0 Å². The lowest BCUT2D eigenvalue weighted by atomic mass is 9.99. The maximum absolute atomic E-state index is 4.64. The molecule has 1 atom stereocenters. The lowest BCUT2D eigenvalue weighted by Crippen LogP contribution is -2.17. The number of benzene rings is 1. The van der Waals surface area contributed by atoms with Crippen molar-refractivity contribution in [2.45, 2.75) is 38.9 Å². The summed E-state index contributed by atoms with van der Waals surface area (Å²) < 4.78 is 1.11. The van der Waals surface area contributed by atoms with Crippen molar-refractivity contribution in [2.24, 2.45) is 10.9 Å². The molecule has 2 nitrogen and oxygen atoms in total. The van der Waals surface area contributed by atoms with Crippen molar-refractivity contribution in [1.29, 1.82) is 0 Å². The predicted octanol–water partition coefficient (Wildman–Crippen LogP) is 5.08. The van der Waals surface area contributed by atoms with Gasteiger partial charge >= 0.3 is 0 Å². The SMILES string of the molecule is CCC(CC)C1CN=C(Nc2cc(C)cc(Br)c2)S1. The summed E-state index contributed by atoms with van der Waals surface area (Å²) in [7, 11) is 0. The third kappa shape index (κ3) is 3.99. The van der Waals surface area contributed by atoms with Crippen molar-refractivity contribution < 1.29 is 0 Å². The topological polar surface area (TPSA) is 24.4 Å². The van der Waals surface area contributed by atoms with Crippen LogP contribution in [0.3, 0.4) is 0 Å². The lowest BCUT2D eigenvalue weighted by molar-refractivity contribution is 0.479. The molecular weight excluding hydrogens is 320 g/mol. The number of anilines is 1. The quantitative estimate of drug-likeness (QED) is 0.826. The van der Waals surface area contributed by atoms with Crippen LogP contribution < -0.4 is 5.32 Å². The van der Waals surface area contributed by atoms with Gasteiger partial charge in [-0.1, -0.05) is 54.4 Å². The van der Waals surface area contributed by atoms with Gasteiger partial charge < -0.3 is 5.32 Å². The van der Waals surface area contributed by atoms with E-state index in [1.165, 1.54) is 18.4 Å². The molecule has 4 heteroatoms. The molecule has 0 fully saturated rings. The van der Waals surface area contributed by atoms with Gasteiger partial charge in [0.15, 0.2) is 5.17 Å². The van der Waals surface area contributed by atoms with E-state index in [9.17, 15) is 0 Å². The Balaban J connectivity index is 1.98. The molecule has 1 N–H and O–H groups in total. The van der Waals surface area contributed by atoms with Crippen LogP contribution in [0.5, 0.6) is 0 Å². The second-order valence-corrected chi connectivity index (χ2v) is 7.16. The van der Waals surface area contributed by atoms with Gasteiger partial charge in [0.25, 0.3) is 0 Å². The molecule has 2 rings (SSSR count). The molecule has 1 unspecified atom stereocenters. The maximum Gasteiger partial charge on any atom is 0.161 e. The Hall–Kier alpha value is -0.480. The van der Waals surface area contributed by atoms with Crippen LogP contribution in [-0.2, 0) is 0 Å². The molecule has 0 saturated carbocycles. The molecule has 1 aliphatic heterocycles. The molecule has 0 spiro atoms. The highest BCUT2D eigenvalue weighted by molar-refractivity contribution is 9.10. The van der Waals surface area contributed by atoms with Gasteiger partial charge in [0.1, 0.15) is 0 Å². The first-order valence-corrected chi connectivity index (χ1v) is 8.55. The highest BCUT2D eigenvalue weighted by atomic mass is 79.9. The van der Waals surface area contributed by atoms with Gasteiger partial charge in [-0.05, 0) is 36.6 Å². The fourth-order valence-electron chi connectivity index (χ4n) is 2.45. The number of hydrogen-bond acceptors (Lipinski definition) is 3. The zero-order valence-corrected chi connectivity index (χ0v) is 14.1. The Morgan fingerprint density at radius 2 is 2.11 bits per heavy atom. The minimum atomic E-state index is 0.644. The van der Waals surface area contributed by atoms with Crippen molar-refractivity contribution in [1.82, 2.24) is 0 Å². The molecule has 0 radical (unpaired) electrons. The van der Waals surface area contributed by atoms with Crippen LogP contribution >= 0.6 is 27.7 Å². The van der Waals surface area contributed by atoms with Crippen LogP contribution in [0.4, 0.5) is 5.69 Å². The van der Waals surface area contributed by atoms with Crippen molar-refractivity contribution in [2.75, 3.05) is 11.9 Å². The summed E-state index contributed by atoms with van der Waals surface area (Å²) >= 11 is 5.43. The summed E-state index contributed by atoms with van der Waals surface area (Å²) in [5, 5.41) is 5.15. The summed E-state index contributed by atoms with van der Waals surface area (Å²) in [4.78, 5) is 4.64. The van der Waals surface area contributed by atoms with Gasteiger partial charge in [0.2, 0.25) is 0 Å².